The summed E-state index contributed by atoms with van der Waals surface area (Å²) in [5, 5.41) is 3.22. The molecule has 2 nitrogen and oxygen atoms in total. The quantitative estimate of drug-likeness (QED) is 0.697. The number of nitrogens with zero attached hydrogens (tertiary/aromatic N) is 1. The molecule has 0 fully saturated rings. The van der Waals surface area contributed by atoms with Crippen LogP contribution in [0.2, 0.25) is 0 Å². The summed E-state index contributed by atoms with van der Waals surface area (Å²) in [6.07, 6.45) is 0. The van der Waals surface area contributed by atoms with Gasteiger partial charge in [0, 0.05) is 17.6 Å². The Morgan fingerprint density at radius 3 is 1.75 bits per heavy atom. The van der Waals surface area contributed by atoms with Gasteiger partial charge < -0.3 is 5.32 Å². The summed E-state index contributed by atoms with van der Waals surface area (Å²) >= 11 is 0. The van der Waals surface area contributed by atoms with E-state index in [2.05, 4.69) is 51.9 Å². The van der Waals surface area contributed by atoms with E-state index < -0.39 is 0 Å². The third-order valence-electron chi connectivity index (χ3n) is 2.52. The van der Waals surface area contributed by atoms with E-state index in [1.807, 2.05) is 7.05 Å². The first-order valence-electron chi connectivity index (χ1n) is 4.60. The van der Waals surface area contributed by atoms with Crippen LogP contribution in [-0.4, -0.2) is 36.6 Å². The molecule has 0 saturated carbocycles. The molecule has 0 aliphatic carbocycles. The molecule has 0 aromatic heterocycles. The highest BCUT2D eigenvalue weighted by atomic mass is 15.2. The van der Waals surface area contributed by atoms with Crippen LogP contribution < -0.4 is 5.32 Å². The first-order chi connectivity index (χ1) is 5.22. The fourth-order valence-corrected chi connectivity index (χ4v) is 1.46. The molecule has 1 N–H and O–H groups in total. The summed E-state index contributed by atoms with van der Waals surface area (Å²) in [6.45, 7) is 12.3. The molecule has 74 valence electrons. The van der Waals surface area contributed by atoms with Gasteiger partial charge in [0.15, 0.2) is 0 Å². The minimum Gasteiger partial charge on any atom is -0.318 e. The summed E-state index contributed by atoms with van der Waals surface area (Å²) in [4.78, 5) is 2.40. The fraction of sp³-hybridized carbons (Fsp3) is 1.00. The van der Waals surface area contributed by atoms with Crippen molar-refractivity contribution < 1.29 is 0 Å². The number of hydrogen-bond acceptors (Lipinski definition) is 2. The predicted molar refractivity (Wildman–Crippen MR) is 55.5 cm³/mol. The smallest absolute Gasteiger partial charge is 0.0279 e. The Bertz CT molecular complexity index is 133. The molecule has 0 atom stereocenters. The second kappa shape index (κ2) is 3.75. The number of nitrogens with one attached hydrogen (secondary N) is 1. The van der Waals surface area contributed by atoms with Gasteiger partial charge in [0.2, 0.25) is 0 Å². The van der Waals surface area contributed by atoms with E-state index in [0.717, 1.165) is 6.54 Å². The first-order valence-corrected chi connectivity index (χ1v) is 4.60. The lowest BCUT2D eigenvalue weighted by Gasteiger charge is -2.44. The zero-order chi connectivity index (χ0) is 9.99. The molecule has 0 aliphatic rings. The molecule has 0 aliphatic heterocycles. The Kier molecular flexibility index (Phi) is 3.73. The van der Waals surface area contributed by atoms with Crippen molar-refractivity contribution in [2.24, 2.45) is 0 Å². The van der Waals surface area contributed by atoms with Crippen molar-refractivity contribution in [2.45, 2.75) is 45.7 Å². The van der Waals surface area contributed by atoms with Crippen molar-refractivity contribution in [3.8, 4) is 0 Å². The molecule has 0 aromatic carbocycles. The second-order valence-corrected chi connectivity index (χ2v) is 5.07. The lowest BCUT2D eigenvalue weighted by atomic mass is 9.95. The van der Waals surface area contributed by atoms with E-state index >= 15 is 0 Å². The van der Waals surface area contributed by atoms with Gasteiger partial charge in [0.05, 0.1) is 0 Å². The maximum absolute atomic E-state index is 3.22. The normalized spacial score (nSPS) is 14.0. The predicted octanol–water partition coefficient (Wildman–Crippen LogP) is 1.71. The van der Waals surface area contributed by atoms with Gasteiger partial charge in [-0.3, -0.25) is 4.90 Å². The van der Waals surface area contributed by atoms with E-state index in [4.69, 9.17) is 0 Å². The van der Waals surface area contributed by atoms with Crippen molar-refractivity contribution in [3.63, 3.8) is 0 Å². The molecule has 2 heteroatoms. The highest BCUT2D eigenvalue weighted by Crippen LogP contribution is 2.21. The van der Waals surface area contributed by atoms with Crippen molar-refractivity contribution in [1.82, 2.24) is 10.2 Å². The standard InChI is InChI=1S/C10H24N2/c1-9(2,3)12(7)10(4,5)8-11-6/h11H,8H2,1-7H3. The van der Waals surface area contributed by atoms with E-state index in [0.29, 0.717) is 0 Å². The molecule has 0 spiro atoms. The highest BCUT2D eigenvalue weighted by molar-refractivity contribution is 4.88. The molecule has 0 saturated heterocycles. The fourth-order valence-electron chi connectivity index (χ4n) is 1.46. The molecule has 0 heterocycles. The van der Waals surface area contributed by atoms with Gasteiger partial charge in [-0.2, -0.15) is 0 Å². The molecule has 0 bridgehead atoms. The number of likely N-dealkylation sites (N-methyl/N-ethyl adjacent to an activating group) is 2. The lowest BCUT2D eigenvalue weighted by Crippen LogP contribution is -2.55. The van der Waals surface area contributed by atoms with Crippen LogP contribution in [-0.2, 0) is 0 Å². The van der Waals surface area contributed by atoms with Crippen LogP contribution in [0.3, 0.4) is 0 Å². The largest absolute Gasteiger partial charge is 0.318 e. The van der Waals surface area contributed by atoms with Crippen molar-refractivity contribution in [2.75, 3.05) is 20.6 Å². The first kappa shape index (κ1) is 11.9. The van der Waals surface area contributed by atoms with Gasteiger partial charge in [0.1, 0.15) is 0 Å². The number of hydrogen-bond donors (Lipinski definition) is 1. The van der Waals surface area contributed by atoms with Crippen LogP contribution in [0, 0.1) is 0 Å². The lowest BCUT2D eigenvalue weighted by molar-refractivity contribution is 0.0580. The molecule has 0 unspecified atom stereocenters. The van der Waals surface area contributed by atoms with Crippen LogP contribution in [0.4, 0.5) is 0 Å². The topological polar surface area (TPSA) is 15.3 Å². The van der Waals surface area contributed by atoms with Gasteiger partial charge in [-0.1, -0.05) is 0 Å². The minimum atomic E-state index is 0.215. The summed E-state index contributed by atoms with van der Waals surface area (Å²) in [5.41, 5.74) is 0.452. The van der Waals surface area contributed by atoms with Gasteiger partial charge in [-0.25, -0.2) is 0 Å². The van der Waals surface area contributed by atoms with E-state index in [1.165, 1.54) is 0 Å². The molecule has 0 rings (SSSR count). The monoisotopic (exact) mass is 172 g/mol. The van der Waals surface area contributed by atoms with Gasteiger partial charge in [0.25, 0.3) is 0 Å². The van der Waals surface area contributed by atoms with Crippen molar-refractivity contribution in [3.05, 3.63) is 0 Å². The zero-order valence-corrected chi connectivity index (χ0v) is 9.65. The Labute approximate surface area is 77.3 Å². The molecule has 0 aromatic rings. The third kappa shape index (κ3) is 3.11. The molecular formula is C10H24N2. The van der Waals surface area contributed by atoms with E-state index in [1.54, 1.807) is 0 Å². The Morgan fingerprint density at radius 2 is 1.50 bits per heavy atom. The average molecular weight is 172 g/mol. The summed E-state index contributed by atoms with van der Waals surface area (Å²) in [6, 6.07) is 0. The van der Waals surface area contributed by atoms with Crippen molar-refractivity contribution >= 4 is 0 Å². The SMILES string of the molecule is CNCC(C)(C)N(C)C(C)(C)C. The molecular weight excluding hydrogens is 148 g/mol. The van der Waals surface area contributed by atoms with Gasteiger partial charge >= 0.3 is 0 Å². The van der Waals surface area contributed by atoms with E-state index in [9.17, 15) is 0 Å². The average Bonchev–Trinajstić information content (AvgIpc) is 1.84. The second-order valence-electron chi connectivity index (χ2n) is 5.07. The maximum atomic E-state index is 3.22. The number of rotatable bonds is 3. The summed E-state index contributed by atoms with van der Waals surface area (Å²) in [5.74, 6) is 0. The van der Waals surface area contributed by atoms with Crippen LogP contribution in [0.15, 0.2) is 0 Å². The van der Waals surface area contributed by atoms with Crippen LogP contribution in [0.5, 0.6) is 0 Å². The third-order valence-corrected chi connectivity index (χ3v) is 2.52. The molecule has 0 radical (unpaired) electrons. The van der Waals surface area contributed by atoms with Crippen LogP contribution in [0.25, 0.3) is 0 Å². The highest BCUT2D eigenvalue weighted by Gasteiger charge is 2.30. The Hall–Kier alpha value is -0.0800. The minimum absolute atomic E-state index is 0.215. The Morgan fingerprint density at radius 1 is 1.08 bits per heavy atom. The van der Waals surface area contributed by atoms with Gasteiger partial charge in [-0.15, -0.1) is 0 Å². The summed E-state index contributed by atoms with van der Waals surface area (Å²) in [7, 11) is 4.18. The molecule has 0 amide bonds. The molecule has 12 heavy (non-hydrogen) atoms. The summed E-state index contributed by atoms with van der Waals surface area (Å²) < 4.78 is 0. The van der Waals surface area contributed by atoms with Crippen LogP contribution >= 0.6 is 0 Å². The van der Waals surface area contributed by atoms with Gasteiger partial charge in [-0.05, 0) is 48.7 Å². The van der Waals surface area contributed by atoms with E-state index in [-0.39, 0.29) is 11.1 Å². The van der Waals surface area contributed by atoms with Crippen molar-refractivity contribution in [1.29, 1.82) is 0 Å². The maximum Gasteiger partial charge on any atom is 0.0279 e. The van der Waals surface area contributed by atoms with Crippen LogP contribution in [0.1, 0.15) is 34.6 Å². The zero-order valence-electron chi connectivity index (χ0n) is 9.65. The Balaban J connectivity index is 4.34.